The number of anilines is 2. The average molecular weight is 369 g/mol. The lowest BCUT2D eigenvalue weighted by atomic mass is 10.2. The Kier molecular flexibility index (Phi) is 4.01. The maximum absolute atomic E-state index is 11.3. The lowest BCUT2D eigenvalue weighted by Crippen LogP contribution is -2.11. The van der Waals surface area contributed by atoms with Crippen LogP contribution in [0.3, 0.4) is 0 Å². The number of sulfonamides is 1. The van der Waals surface area contributed by atoms with Crippen molar-refractivity contribution in [2.24, 2.45) is 5.14 Å². The van der Waals surface area contributed by atoms with Gasteiger partial charge in [0, 0.05) is 10.6 Å². The molecular weight excluding hydrogens is 356 g/mol. The zero-order valence-corrected chi connectivity index (χ0v) is 14.7. The Balaban J connectivity index is 2.05. The predicted molar refractivity (Wildman–Crippen MR) is 93.0 cm³/mol. The van der Waals surface area contributed by atoms with Crippen molar-refractivity contribution < 1.29 is 8.42 Å². The maximum Gasteiger partial charge on any atom is 0.238 e. The van der Waals surface area contributed by atoms with Gasteiger partial charge in [0.1, 0.15) is 10.6 Å². The van der Waals surface area contributed by atoms with Gasteiger partial charge in [-0.1, -0.05) is 0 Å². The van der Waals surface area contributed by atoms with Gasteiger partial charge in [0.25, 0.3) is 0 Å². The third kappa shape index (κ3) is 3.16. The van der Waals surface area contributed by atoms with Crippen molar-refractivity contribution >= 4 is 54.7 Å². The Morgan fingerprint density at radius 3 is 2.43 bits per heavy atom. The van der Waals surface area contributed by atoms with Crippen molar-refractivity contribution in [3.8, 4) is 0 Å². The minimum Gasteiger partial charge on any atom is -0.340 e. The van der Waals surface area contributed by atoms with Crippen LogP contribution in [0.1, 0.15) is 10.4 Å². The van der Waals surface area contributed by atoms with Gasteiger partial charge in [-0.15, -0.1) is 11.3 Å². The van der Waals surface area contributed by atoms with Crippen molar-refractivity contribution in [3.05, 3.63) is 40.0 Å². The molecule has 1 aromatic carbocycles. The molecule has 0 bridgehead atoms. The summed E-state index contributed by atoms with van der Waals surface area (Å²) in [5.41, 5.74) is 1.77. The molecule has 0 spiro atoms. The Hall–Kier alpha value is -1.74. The summed E-state index contributed by atoms with van der Waals surface area (Å²) in [4.78, 5) is 10.5. The molecule has 6 nitrogen and oxygen atoms in total. The van der Waals surface area contributed by atoms with Gasteiger partial charge in [-0.25, -0.2) is 18.5 Å². The first-order valence-electron chi connectivity index (χ1n) is 6.59. The van der Waals surface area contributed by atoms with E-state index in [0.717, 1.165) is 20.7 Å². The van der Waals surface area contributed by atoms with Crippen LogP contribution in [-0.4, -0.2) is 18.4 Å². The highest BCUT2D eigenvalue weighted by atomic mass is 35.5. The number of nitrogens with zero attached hydrogens (tertiary/aromatic N) is 2. The molecule has 0 amide bonds. The lowest BCUT2D eigenvalue weighted by Gasteiger charge is -2.08. The minimum atomic E-state index is -3.71. The van der Waals surface area contributed by atoms with Crippen molar-refractivity contribution in [2.45, 2.75) is 18.7 Å². The number of aromatic nitrogens is 2. The number of hydrogen-bond acceptors (Lipinski definition) is 6. The first kappa shape index (κ1) is 16.1. The van der Waals surface area contributed by atoms with Crippen LogP contribution in [0.2, 0.25) is 5.28 Å². The molecule has 0 aliphatic carbocycles. The molecule has 0 fully saturated rings. The van der Waals surface area contributed by atoms with Crippen LogP contribution in [0, 0.1) is 13.8 Å². The van der Waals surface area contributed by atoms with E-state index in [1.807, 2.05) is 13.8 Å². The predicted octanol–water partition coefficient (Wildman–Crippen LogP) is 3.35. The highest BCUT2D eigenvalue weighted by Gasteiger charge is 2.14. The lowest BCUT2D eigenvalue weighted by molar-refractivity contribution is 0.598. The van der Waals surface area contributed by atoms with Crippen molar-refractivity contribution in [3.63, 3.8) is 0 Å². The number of thiophene rings is 1. The Morgan fingerprint density at radius 1 is 1.17 bits per heavy atom. The third-order valence-corrected chi connectivity index (χ3v) is 5.65. The first-order chi connectivity index (χ1) is 10.8. The number of rotatable bonds is 3. The minimum absolute atomic E-state index is 0.0523. The standard InChI is InChI=1S/C14H13ClN4O2S2/c1-7-8(2)22-13-11(7)12(18-14(15)19-13)17-9-3-5-10(6-4-9)23(16,20)21/h3-6H,1-2H3,(H2,16,20,21)(H,17,18,19). The summed E-state index contributed by atoms with van der Waals surface area (Å²) in [6, 6.07) is 6.11. The van der Waals surface area contributed by atoms with Crippen LogP contribution in [0.15, 0.2) is 29.2 Å². The molecule has 2 aromatic heterocycles. The first-order valence-corrected chi connectivity index (χ1v) is 9.33. The van der Waals surface area contributed by atoms with Gasteiger partial charge in [0.05, 0.1) is 10.3 Å². The fourth-order valence-corrected chi connectivity index (χ4v) is 3.94. The van der Waals surface area contributed by atoms with Crippen molar-refractivity contribution in [1.82, 2.24) is 9.97 Å². The number of hydrogen-bond donors (Lipinski definition) is 2. The monoisotopic (exact) mass is 368 g/mol. The molecule has 2 heterocycles. The number of fused-ring (bicyclic) bond motifs is 1. The van der Waals surface area contributed by atoms with E-state index in [4.69, 9.17) is 16.7 Å². The molecule has 23 heavy (non-hydrogen) atoms. The van der Waals surface area contributed by atoms with Gasteiger partial charge in [-0.2, -0.15) is 4.98 Å². The smallest absolute Gasteiger partial charge is 0.238 e. The molecule has 0 aliphatic rings. The fraction of sp³-hybridized carbons (Fsp3) is 0.143. The Bertz CT molecular complexity index is 998. The summed E-state index contributed by atoms with van der Waals surface area (Å²) in [5, 5.41) is 9.31. The molecule has 9 heteroatoms. The molecule has 0 unspecified atom stereocenters. The zero-order valence-electron chi connectivity index (χ0n) is 12.3. The Labute approximate surface area is 142 Å². The van der Waals surface area contributed by atoms with E-state index in [2.05, 4.69) is 15.3 Å². The molecule has 3 rings (SSSR count). The maximum atomic E-state index is 11.3. The average Bonchev–Trinajstić information content (AvgIpc) is 2.73. The van der Waals surface area contributed by atoms with E-state index in [0.29, 0.717) is 11.5 Å². The van der Waals surface area contributed by atoms with Crippen molar-refractivity contribution in [2.75, 3.05) is 5.32 Å². The van der Waals surface area contributed by atoms with Gasteiger partial charge < -0.3 is 5.32 Å². The van der Waals surface area contributed by atoms with Gasteiger partial charge in [-0.3, -0.25) is 0 Å². The second-order valence-corrected chi connectivity index (χ2v) is 8.10. The fourth-order valence-electron chi connectivity index (χ4n) is 2.18. The topological polar surface area (TPSA) is 98.0 Å². The largest absolute Gasteiger partial charge is 0.340 e. The summed E-state index contributed by atoms with van der Waals surface area (Å²) < 4.78 is 22.6. The van der Waals surface area contributed by atoms with Gasteiger partial charge >= 0.3 is 0 Å². The van der Waals surface area contributed by atoms with Crippen molar-refractivity contribution in [1.29, 1.82) is 0 Å². The molecule has 0 aliphatic heterocycles. The van der Waals surface area contributed by atoms with Crippen LogP contribution in [0.5, 0.6) is 0 Å². The van der Waals surface area contributed by atoms with Crippen LogP contribution in [-0.2, 0) is 10.0 Å². The van der Waals surface area contributed by atoms with Gasteiger partial charge in [0.2, 0.25) is 15.3 Å². The van der Waals surface area contributed by atoms with Crippen LogP contribution in [0.25, 0.3) is 10.2 Å². The molecule has 0 atom stereocenters. The Morgan fingerprint density at radius 2 is 1.83 bits per heavy atom. The highest BCUT2D eigenvalue weighted by Crippen LogP contribution is 2.35. The summed E-state index contributed by atoms with van der Waals surface area (Å²) in [6.07, 6.45) is 0. The molecule has 120 valence electrons. The van der Waals surface area contributed by atoms with Gasteiger partial charge in [0.15, 0.2) is 0 Å². The quantitative estimate of drug-likeness (QED) is 0.691. The number of aryl methyl sites for hydroxylation is 2. The van der Waals surface area contributed by atoms with E-state index < -0.39 is 10.0 Å². The molecule has 0 saturated heterocycles. The van der Waals surface area contributed by atoms with E-state index in [1.54, 1.807) is 23.5 Å². The number of primary sulfonamides is 1. The molecular formula is C14H13ClN4O2S2. The summed E-state index contributed by atoms with van der Waals surface area (Å²) >= 11 is 7.54. The van der Waals surface area contributed by atoms with Crippen LogP contribution in [0.4, 0.5) is 11.5 Å². The van der Waals surface area contributed by atoms with E-state index in [-0.39, 0.29) is 10.2 Å². The second-order valence-electron chi connectivity index (χ2n) is 5.00. The number of nitrogens with one attached hydrogen (secondary N) is 1. The number of nitrogens with two attached hydrogens (primary N) is 1. The van der Waals surface area contributed by atoms with E-state index in [1.165, 1.54) is 12.1 Å². The molecule has 3 N–H and O–H groups in total. The highest BCUT2D eigenvalue weighted by molar-refractivity contribution is 7.89. The second kappa shape index (κ2) is 5.72. The normalized spacial score (nSPS) is 11.8. The number of halogens is 1. The molecule has 0 saturated carbocycles. The number of benzene rings is 1. The summed E-state index contributed by atoms with van der Waals surface area (Å²) in [7, 11) is -3.71. The zero-order chi connectivity index (χ0) is 16.8. The SMILES string of the molecule is Cc1sc2nc(Cl)nc(Nc3ccc(S(N)(=O)=O)cc3)c2c1C. The third-order valence-electron chi connectivity index (χ3n) is 3.45. The molecule has 3 aromatic rings. The van der Waals surface area contributed by atoms with Crippen LogP contribution >= 0.6 is 22.9 Å². The summed E-state index contributed by atoms with van der Waals surface area (Å²) in [5.74, 6) is 0.588. The van der Waals surface area contributed by atoms with Crippen LogP contribution < -0.4 is 10.5 Å². The van der Waals surface area contributed by atoms with Gasteiger partial charge in [-0.05, 0) is 55.3 Å². The summed E-state index contributed by atoms with van der Waals surface area (Å²) in [6.45, 7) is 4.01. The molecule has 0 radical (unpaired) electrons. The van der Waals surface area contributed by atoms with E-state index in [9.17, 15) is 8.42 Å². The van der Waals surface area contributed by atoms with E-state index >= 15 is 0 Å².